The lowest BCUT2D eigenvalue weighted by molar-refractivity contribution is -0.127. The molecular formula is C24H32N2O2. The number of amides is 1. The molecule has 0 saturated carbocycles. The molecule has 28 heavy (non-hydrogen) atoms. The number of aryl methyl sites for hydroxylation is 2. The Labute approximate surface area is 168 Å². The predicted octanol–water partition coefficient (Wildman–Crippen LogP) is 4.37. The number of nitrogens with one attached hydrogen (secondary N) is 1. The van der Waals surface area contributed by atoms with Crippen LogP contribution >= 0.6 is 0 Å². The minimum absolute atomic E-state index is 0.0908. The molecule has 1 saturated heterocycles. The number of nitrogens with zero attached hydrogens (tertiary/aromatic N) is 1. The summed E-state index contributed by atoms with van der Waals surface area (Å²) in [7, 11) is 0. The standard InChI is InChI=1S/C24H32N2O2/c1-18-13-19(2)15-23(14-18)28-20(3)24(27)25-16-21-9-5-6-10-22(21)17-26-11-7-4-8-12-26/h5-6,9-10,13-15,20H,4,7-8,11-12,16-17H2,1-3H3,(H,25,27). The molecule has 1 unspecified atom stereocenters. The summed E-state index contributed by atoms with van der Waals surface area (Å²) in [6.45, 7) is 9.69. The van der Waals surface area contributed by atoms with Crippen LogP contribution in [-0.2, 0) is 17.9 Å². The van der Waals surface area contributed by atoms with Gasteiger partial charge in [0.1, 0.15) is 5.75 Å². The second-order valence-corrected chi connectivity index (χ2v) is 7.91. The molecule has 4 nitrogen and oxygen atoms in total. The Morgan fingerprint density at radius 2 is 1.68 bits per heavy atom. The van der Waals surface area contributed by atoms with Gasteiger partial charge in [-0.3, -0.25) is 9.69 Å². The Morgan fingerprint density at radius 1 is 1.04 bits per heavy atom. The average Bonchev–Trinajstić information content (AvgIpc) is 2.67. The fourth-order valence-electron chi connectivity index (χ4n) is 3.83. The van der Waals surface area contributed by atoms with Gasteiger partial charge in [-0.15, -0.1) is 0 Å². The Kier molecular flexibility index (Phi) is 7.10. The Morgan fingerprint density at radius 3 is 2.36 bits per heavy atom. The number of hydrogen-bond donors (Lipinski definition) is 1. The molecule has 0 radical (unpaired) electrons. The molecule has 1 heterocycles. The van der Waals surface area contributed by atoms with E-state index in [4.69, 9.17) is 4.74 Å². The molecule has 0 spiro atoms. The van der Waals surface area contributed by atoms with Crippen molar-refractivity contribution in [1.29, 1.82) is 0 Å². The van der Waals surface area contributed by atoms with Crippen molar-refractivity contribution >= 4 is 5.91 Å². The van der Waals surface area contributed by atoms with E-state index in [-0.39, 0.29) is 5.91 Å². The van der Waals surface area contributed by atoms with Gasteiger partial charge in [0.2, 0.25) is 0 Å². The fourth-order valence-corrected chi connectivity index (χ4v) is 3.83. The zero-order valence-corrected chi connectivity index (χ0v) is 17.3. The molecule has 1 atom stereocenters. The van der Waals surface area contributed by atoms with E-state index in [1.807, 2.05) is 32.0 Å². The highest BCUT2D eigenvalue weighted by atomic mass is 16.5. The van der Waals surface area contributed by atoms with Gasteiger partial charge in [-0.2, -0.15) is 0 Å². The van der Waals surface area contributed by atoms with Gasteiger partial charge in [-0.25, -0.2) is 0 Å². The van der Waals surface area contributed by atoms with E-state index >= 15 is 0 Å². The number of hydrogen-bond acceptors (Lipinski definition) is 3. The van der Waals surface area contributed by atoms with E-state index in [2.05, 4.69) is 34.5 Å². The van der Waals surface area contributed by atoms with Crippen molar-refractivity contribution in [1.82, 2.24) is 10.2 Å². The lowest BCUT2D eigenvalue weighted by Gasteiger charge is -2.27. The highest BCUT2D eigenvalue weighted by molar-refractivity contribution is 5.80. The number of piperidine rings is 1. The normalized spacial score (nSPS) is 15.8. The van der Waals surface area contributed by atoms with E-state index < -0.39 is 6.10 Å². The summed E-state index contributed by atoms with van der Waals surface area (Å²) in [5.41, 5.74) is 4.75. The largest absolute Gasteiger partial charge is 0.481 e. The van der Waals surface area contributed by atoms with E-state index in [0.29, 0.717) is 6.54 Å². The number of carbonyl (C=O) groups excluding carboxylic acids is 1. The number of ether oxygens (including phenoxy) is 1. The monoisotopic (exact) mass is 380 g/mol. The van der Waals surface area contributed by atoms with Crippen molar-refractivity contribution in [2.75, 3.05) is 13.1 Å². The van der Waals surface area contributed by atoms with Crippen LogP contribution in [0.15, 0.2) is 42.5 Å². The molecule has 1 aliphatic rings. The average molecular weight is 381 g/mol. The third kappa shape index (κ3) is 5.83. The summed E-state index contributed by atoms with van der Waals surface area (Å²) in [5.74, 6) is 0.651. The first kappa shape index (κ1) is 20.4. The first-order valence-electron chi connectivity index (χ1n) is 10.3. The van der Waals surface area contributed by atoms with Gasteiger partial charge in [-0.05, 0) is 81.1 Å². The maximum Gasteiger partial charge on any atom is 0.261 e. The van der Waals surface area contributed by atoms with Crippen LogP contribution in [0.5, 0.6) is 5.75 Å². The maximum absolute atomic E-state index is 12.5. The molecule has 0 bridgehead atoms. The van der Waals surface area contributed by atoms with Crippen molar-refractivity contribution in [2.45, 2.75) is 59.2 Å². The molecule has 0 aliphatic carbocycles. The molecular weight excluding hydrogens is 348 g/mol. The first-order valence-corrected chi connectivity index (χ1v) is 10.3. The second kappa shape index (κ2) is 9.74. The summed E-state index contributed by atoms with van der Waals surface area (Å²) in [5, 5.41) is 3.04. The van der Waals surface area contributed by atoms with E-state index in [1.54, 1.807) is 6.92 Å². The lowest BCUT2D eigenvalue weighted by atomic mass is 10.0. The Hall–Kier alpha value is -2.33. The second-order valence-electron chi connectivity index (χ2n) is 7.91. The van der Waals surface area contributed by atoms with Crippen LogP contribution in [0.25, 0.3) is 0 Å². The first-order chi connectivity index (χ1) is 13.5. The van der Waals surface area contributed by atoms with Gasteiger partial charge in [0, 0.05) is 13.1 Å². The van der Waals surface area contributed by atoms with Gasteiger partial charge >= 0.3 is 0 Å². The van der Waals surface area contributed by atoms with Gasteiger partial charge in [0.05, 0.1) is 0 Å². The maximum atomic E-state index is 12.5. The number of benzene rings is 2. The number of rotatable bonds is 7. The summed E-state index contributed by atoms with van der Waals surface area (Å²) in [6, 6.07) is 14.4. The van der Waals surface area contributed by atoms with Crippen molar-refractivity contribution < 1.29 is 9.53 Å². The van der Waals surface area contributed by atoms with Crippen LogP contribution in [0.3, 0.4) is 0 Å². The molecule has 4 heteroatoms. The third-order valence-electron chi connectivity index (χ3n) is 5.29. The Balaban J connectivity index is 1.56. The molecule has 150 valence electrons. The Bertz CT molecular complexity index is 777. The third-order valence-corrected chi connectivity index (χ3v) is 5.29. The zero-order chi connectivity index (χ0) is 19.9. The lowest BCUT2D eigenvalue weighted by Crippen LogP contribution is -2.36. The van der Waals surface area contributed by atoms with Crippen LogP contribution in [0.1, 0.15) is 48.4 Å². The minimum atomic E-state index is -0.532. The molecule has 2 aromatic carbocycles. The van der Waals surface area contributed by atoms with Crippen molar-refractivity contribution in [2.24, 2.45) is 0 Å². The quantitative estimate of drug-likeness (QED) is 0.775. The van der Waals surface area contributed by atoms with Crippen LogP contribution in [0.2, 0.25) is 0 Å². The van der Waals surface area contributed by atoms with E-state index in [9.17, 15) is 4.79 Å². The molecule has 2 aromatic rings. The summed E-state index contributed by atoms with van der Waals surface area (Å²) in [4.78, 5) is 15.1. The summed E-state index contributed by atoms with van der Waals surface area (Å²) in [6.07, 6.45) is 3.38. The van der Waals surface area contributed by atoms with E-state index in [0.717, 1.165) is 23.4 Å². The highest BCUT2D eigenvalue weighted by Gasteiger charge is 2.16. The van der Waals surface area contributed by atoms with Crippen LogP contribution in [-0.4, -0.2) is 30.0 Å². The van der Waals surface area contributed by atoms with Gasteiger partial charge in [0.15, 0.2) is 6.10 Å². The van der Waals surface area contributed by atoms with Gasteiger partial charge < -0.3 is 10.1 Å². The van der Waals surface area contributed by atoms with Crippen LogP contribution in [0.4, 0.5) is 0 Å². The van der Waals surface area contributed by atoms with Crippen molar-refractivity contribution in [3.63, 3.8) is 0 Å². The zero-order valence-electron chi connectivity index (χ0n) is 17.3. The molecule has 1 fully saturated rings. The number of likely N-dealkylation sites (tertiary alicyclic amines) is 1. The van der Waals surface area contributed by atoms with Crippen LogP contribution in [0, 0.1) is 13.8 Å². The summed E-state index contributed by atoms with van der Waals surface area (Å²) >= 11 is 0. The van der Waals surface area contributed by atoms with Gasteiger partial charge in [0.25, 0.3) is 5.91 Å². The summed E-state index contributed by atoms with van der Waals surface area (Å²) < 4.78 is 5.86. The smallest absolute Gasteiger partial charge is 0.261 e. The van der Waals surface area contributed by atoms with E-state index in [1.165, 1.54) is 43.5 Å². The SMILES string of the molecule is Cc1cc(C)cc(OC(C)C(=O)NCc2ccccc2CN2CCCCC2)c1. The van der Waals surface area contributed by atoms with Crippen molar-refractivity contribution in [3.8, 4) is 5.75 Å². The minimum Gasteiger partial charge on any atom is -0.481 e. The fraction of sp³-hybridized carbons (Fsp3) is 0.458. The number of carbonyl (C=O) groups is 1. The van der Waals surface area contributed by atoms with Crippen LogP contribution < -0.4 is 10.1 Å². The molecule has 1 amide bonds. The molecule has 1 aliphatic heterocycles. The highest BCUT2D eigenvalue weighted by Crippen LogP contribution is 2.18. The van der Waals surface area contributed by atoms with Crippen molar-refractivity contribution in [3.05, 3.63) is 64.7 Å². The van der Waals surface area contributed by atoms with Gasteiger partial charge in [-0.1, -0.05) is 36.8 Å². The predicted molar refractivity (Wildman–Crippen MR) is 113 cm³/mol. The topological polar surface area (TPSA) is 41.6 Å². The molecule has 1 N–H and O–H groups in total. The molecule has 3 rings (SSSR count). The molecule has 0 aromatic heterocycles.